The summed E-state index contributed by atoms with van der Waals surface area (Å²) >= 11 is 0. The lowest BCUT2D eigenvalue weighted by Crippen LogP contribution is -2.45. The van der Waals surface area contributed by atoms with Crippen molar-refractivity contribution in [3.05, 3.63) is 35.9 Å². The second-order valence-corrected chi connectivity index (χ2v) is 4.61. The first-order valence-corrected chi connectivity index (χ1v) is 6.02. The summed E-state index contributed by atoms with van der Waals surface area (Å²) in [4.78, 5) is 24.1. The van der Waals surface area contributed by atoms with E-state index in [1.54, 1.807) is 0 Å². The van der Waals surface area contributed by atoms with Gasteiger partial charge < -0.3 is 14.6 Å². The van der Waals surface area contributed by atoms with Crippen LogP contribution < -0.4 is 0 Å². The Morgan fingerprint density at radius 3 is 2.79 bits per heavy atom. The van der Waals surface area contributed by atoms with E-state index in [9.17, 15) is 9.59 Å². The van der Waals surface area contributed by atoms with Crippen molar-refractivity contribution in [3.63, 3.8) is 0 Å². The van der Waals surface area contributed by atoms with E-state index in [2.05, 4.69) is 0 Å². The number of benzene rings is 1. The van der Waals surface area contributed by atoms with Gasteiger partial charge in [0.05, 0.1) is 6.54 Å². The molecule has 19 heavy (non-hydrogen) atoms. The van der Waals surface area contributed by atoms with Crippen LogP contribution in [0.4, 0.5) is 4.79 Å². The molecular weight excluding hydrogens is 250 g/mol. The second kappa shape index (κ2) is 4.55. The number of amides is 1. The normalized spacial score (nSPS) is 27.8. The van der Waals surface area contributed by atoms with Gasteiger partial charge in [0.2, 0.25) is 0 Å². The third-order valence-corrected chi connectivity index (χ3v) is 3.36. The minimum atomic E-state index is -1.11. The molecule has 2 fully saturated rings. The van der Waals surface area contributed by atoms with Crippen LogP contribution in [0.25, 0.3) is 0 Å². The molecule has 1 amide bonds. The monoisotopic (exact) mass is 263 g/mol. The molecule has 0 aliphatic carbocycles. The molecule has 2 aliphatic rings. The highest BCUT2D eigenvalue weighted by Crippen LogP contribution is 2.37. The van der Waals surface area contributed by atoms with Crippen LogP contribution in [0.3, 0.4) is 0 Å². The minimum Gasteiger partial charge on any atom is -0.465 e. The van der Waals surface area contributed by atoms with Gasteiger partial charge in [0, 0.05) is 0 Å². The van der Waals surface area contributed by atoms with Gasteiger partial charge in [-0.3, -0.25) is 4.90 Å². The van der Waals surface area contributed by atoms with Crippen molar-refractivity contribution in [3.8, 4) is 0 Å². The van der Waals surface area contributed by atoms with Crippen molar-refractivity contribution in [2.75, 3.05) is 6.54 Å². The van der Waals surface area contributed by atoms with Gasteiger partial charge in [0.25, 0.3) is 0 Å². The molecule has 0 aromatic heterocycles. The first kappa shape index (κ1) is 12.0. The highest BCUT2D eigenvalue weighted by molar-refractivity contribution is 5.83. The summed E-state index contributed by atoms with van der Waals surface area (Å²) < 4.78 is 10.4. The number of likely N-dealkylation sites (tertiary alicyclic amines) is 1. The largest absolute Gasteiger partial charge is 0.465 e. The Morgan fingerprint density at radius 1 is 1.37 bits per heavy atom. The van der Waals surface area contributed by atoms with Gasteiger partial charge in [0.1, 0.15) is 18.8 Å². The molecule has 6 heteroatoms. The molecule has 100 valence electrons. The Hall–Kier alpha value is -2.08. The number of rotatable bonds is 3. The lowest BCUT2D eigenvalue weighted by atomic mass is 10.2. The molecule has 6 nitrogen and oxygen atoms in total. The van der Waals surface area contributed by atoms with Crippen molar-refractivity contribution in [2.24, 2.45) is 0 Å². The summed E-state index contributed by atoms with van der Waals surface area (Å²) in [5.74, 6) is -0.545. The topological polar surface area (TPSA) is 79.4 Å². The highest BCUT2D eigenvalue weighted by atomic mass is 16.6. The van der Waals surface area contributed by atoms with Crippen molar-refractivity contribution in [1.82, 2.24) is 4.90 Å². The molecule has 1 N–H and O–H groups in total. The van der Waals surface area contributed by atoms with Crippen molar-refractivity contribution >= 4 is 12.1 Å². The molecule has 0 bridgehead atoms. The maximum atomic E-state index is 12.0. The number of nitrogens with zero attached hydrogens (tertiary/aromatic N) is 1. The molecule has 0 radical (unpaired) electrons. The van der Waals surface area contributed by atoms with E-state index in [1.165, 1.54) is 0 Å². The predicted molar refractivity (Wildman–Crippen MR) is 63.4 cm³/mol. The maximum Gasteiger partial charge on any atom is 0.408 e. The summed E-state index contributed by atoms with van der Waals surface area (Å²) in [5.41, 5.74) is 0.865. The fourth-order valence-electron chi connectivity index (χ4n) is 2.34. The third kappa shape index (κ3) is 2.26. The van der Waals surface area contributed by atoms with E-state index in [4.69, 9.17) is 14.6 Å². The van der Waals surface area contributed by atoms with Crippen LogP contribution in [0.5, 0.6) is 0 Å². The molecule has 1 aromatic carbocycles. The number of carbonyl (C=O) groups is 2. The second-order valence-electron chi connectivity index (χ2n) is 4.61. The Morgan fingerprint density at radius 2 is 2.11 bits per heavy atom. The van der Waals surface area contributed by atoms with Gasteiger partial charge in [-0.05, 0) is 5.56 Å². The number of morpholine rings is 1. The molecule has 3 unspecified atom stereocenters. The van der Waals surface area contributed by atoms with Gasteiger partial charge in [-0.2, -0.15) is 0 Å². The van der Waals surface area contributed by atoms with Crippen LogP contribution in [-0.4, -0.2) is 46.9 Å². The standard InChI is InChI=1S/C13H13NO5/c15-12(18-7-8-4-2-1-3-5-8)10-11-9(19-11)6-14(10)13(16)17/h1-5,9-11H,6-7H2,(H,16,17). The average molecular weight is 263 g/mol. The average Bonchev–Trinajstić information content (AvgIpc) is 3.07. The molecule has 3 rings (SSSR count). The molecule has 2 heterocycles. The van der Waals surface area contributed by atoms with E-state index in [0.717, 1.165) is 10.5 Å². The molecule has 3 atom stereocenters. The number of ether oxygens (including phenoxy) is 2. The first-order valence-electron chi connectivity index (χ1n) is 6.02. The Labute approximate surface area is 109 Å². The Kier molecular flexibility index (Phi) is 2.87. The van der Waals surface area contributed by atoms with E-state index in [-0.39, 0.29) is 25.4 Å². The van der Waals surface area contributed by atoms with E-state index >= 15 is 0 Å². The zero-order chi connectivity index (χ0) is 13.4. The Bertz CT molecular complexity index is 503. The highest BCUT2D eigenvalue weighted by Gasteiger charge is 2.60. The maximum absolute atomic E-state index is 12.0. The van der Waals surface area contributed by atoms with E-state index < -0.39 is 18.1 Å². The van der Waals surface area contributed by atoms with Crippen molar-refractivity contribution in [2.45, 2.75) is 24.9 Å². The van der Waals surface area contributed by atoms with Crippen molar-refractivity contribution < 1.29 is 24.2 Å². The summed E-state index contributed by atoms with van der Waals surface area (Å²) in [7, 11) is 0. The number of fused-ring (bicyclic) bond motifs is 1. The summed E-state index contributed by atoms with van der Waals surface area (Å²) in [6.45, 7) is 0.381. The Balaban J connectivity index is 1.62. The zero-order valence-electron chi connectivity index (χ0n) is 10.1. The van der Waals surface area contributed by atoms with Crippen molar-refractivity contribution in [1.29, 1.82) is 0 Å². The minimum absolute atomic E-state index is 0.140. The number of hydrogen-bond donors (Lipinski definition) is 1. The summed E-state index contributed by atoms with van der Waals surface area (Å²) in [6.07, 6.45) is -1.60. The van der Waals surface area contributed by atoms with E-state index in [0.29, 0.717) is 0 Å². The van der Waals surface area contributed by atoms with E-state index in [1.807, 2.05) is 30.3 Å². The van der Waals surface area contributed by atoms with Crippen LogP contribution in [0.2, 0.25) is 0 Å². The number of carbonyl (C=O) groups excluding carboxylic acids is 1. The summed E-state index contributed by atoms with van der Waals surface area (Å²) in [5, 5.41) is 9.02. The summed E-state index contributed by atoms with van der Waals surface area (Å²) in [6, 6.07) is 8.42. The molecule has 2 aliphatic heterocycles. The molecule has 1 aromatic rings. The third-order valence-electron chi connectivity index (χ3n) is 3.36. The fourth-order valence-corrected chi connectivity index (χ4v) is 2.34. The van der Waals surface area contributed by atoms with Gasteiger partial charge in [0.15, 0.2) is 6.04 Å². The number of epoxide rings is 1. The van der Waals surface area contributed by atoms with Crippen LogP contribution in [-0.2, 0) is 20.9 Å². The number of esters is 1. The SMILES string of the molecule is O=C(OCc1ccccc1)C1C2OC2CN1C(=O)O. The van der Waals surface area contributed by atoms with Gasteiger partial charge in [-0.1, -0.05) is 30.3 Å². The van der Waals surface area contributed by atoms with Crippen LogP contribution >= 0.6 is 0 Å². The van der Waals surface area contributed by atoms with Gasteiger partial charge in [-0.15, -0.1) is 0 Å². The predicted octanol–water partition coefficient (Wildman–Crippen LogP) is 0.859. The zero-order valence-corrected chi connectivity index (χ0v) is 10.1. The van der Waals surface area contributed by atoms with Crippen LogP contribution in [0, 0.1) is 0 Å². The lowest BCUT2D eigenvalue weighted by Gasteiger charge is -2.22. The number of carboxylic acid groups (broad SMARTS) is 1. The molecule has 0 spiro atoms. The van der Waals surface area contributed by atoms with Crippen LogP contribution in [0.1, 0.15) is 5.56 Å². The number of hydrogen-bond acceptors (Lipinski definition) is 4. The molecule has 0 saturated carbocycles. The quantitative estimate of drug-likeness (QED) is 0.646. The van der Waals surface area contributed by atoms with Crippen LogP contribution in [0.15, 0.2) is 30.3 Å². The molecular formula is C13H13NO5. The fraction of sp³-hybridized carbons (Fsp3) is 0.385. The van der Waals surface area contributed by atoms with Gasteiger partial charge in [-0.25, -0.2) is 9.59 Å². The smallest absolute Gasteiger partial charge is 0.408 e. The lowest BCUT2D eigenvalue weighted by molar-refractivity contribution is -0.151. The molecule has 2 saturated heterocycles. The van der Waals surface area contributed by atoms with Gasteiger partial charge >= 0.3 is 12.1 Å². The first-order chi connectivity index (χ1) is 9.16.